The van der Waals surface area contributed by atoms with Gasteiger partial charge in [-0.15, -0.1) is 0 Å². The van der Waals surface area contributed by atoms with Crippen LogP contribution in [0.4, 0.5) is 5.95 Å². The van der Waals surface area contributed by atoms with Gasteiger partial charge in [0, 0.05) is 0 Å². The Morgan fingerprint density at radius 1 is 1.35 bits per heavy atom. The van der Waals surface area contributed by atoms with Gasteiger partial charge in [-0.3, -0.25) is 0 Å². The zero-order chi connectivity index (χ0) is 14.3. The fraction of sp³-hybridized carbons (Fsp3) is 0.231. The van der Waals surface area contributed by atoms with E-state index in [1.54, 1.807) is 10.8 Å². The summed E-state index contributed by atoms with van der Waals surface area (Å²) in [6.07, 6.45) is 1.61. The van der Waals surface area contributed by atoms with Crippen molar-refractivity contribution in [1.82, 2.24) is 20.2 Å². The third-order valence-electron chi connectivity index (χ3n) is 3.43. The fourth-order valence-electron chi connectivity index (χ4n) is 2.16. The summed E-state index contributed by atoms with van der Waals surface area (Å²) < 4.78 is 1.57. The first kappa shape index (κ1) is 12.3. The van der Waals surface area contributed by atoms with Gasteiger partial charge in [0.2, 0.25) is 5.95 Å². The van der Waals surface area contributed by atoms with Crippen LogP contribution in [-0.2, 0) is 4.79 Å². The molecule has 0 saturated carbocycles. The van der Waals surface area contributed by atoms with Gasteiger partial charge in [0.1, 0.15) is 11.7 Å². The van der Waals surface area contributed by atoms with Crippen molar-refractivity contribution in [2.75, 3.05) is 5.32 Å². The van der Waals surface area contributed by atoms with E-state index in [0.717, 1.165) is 11.1 Å². The molecule has 0 bridgehead atoms. The number of aryl methyl sites for hydroxylation is 2. The molecule has 7 heteroatoms. The molecule has 2 heterocycles. The van der Waals surface area contributed by atoms with Crippen LogP contribution in [0.25, 0.3) is 0 Å². The molecule has 20 heavy (non-hydrogen) atoms. The number of tetrazole rings is 1. The quantitative estimate of drug-likeness (QED) is 0.854. The Kier molecular flexibility index (Phi) is 2.74. The topological polar surface area (TPSA) is 92.9 Å². The SMILES string of the molecule is Cc1ccc([C@H]2C=C(C(=O)O)Nc3nnnn32)cc1C. The van der Waals surface area contributed by atoms with Crippen LogP contribution in [0.1, 0.15) is 22.7 Å². The number of hydrogen-bond donors (Lipinski definition) is 2. The van der Waals surface area contributed by atoms with Gasteiger partial charge in [-0.05, 0) is 47.0 Å². The number of carboxylic acids is 1. The summed E-state index contributed by atoms with van der Waals surface area (Å²) in [4.78, 5) is 11.2. The second-order valence-corrected chi connectivity index (χ2v) is 4.75. The summed E-state index contributed by atoms with van der Waals surface area (Å²) in [7, 11) is 0. The van der Waals surface area contributed by atoms with Gasteiger partial charge < -0.3 is 10.4 Å². The number of anilines is 1. The van der Waals surface area contributed by atoms with Crippen molar-refractivity contribution in [3.05, 3.63) is 46.7 Å². The highest BCUT2D eigenvalue weighted by atomic mass is 16.4. The zero-order valence-electron chi connectivity index (χ0n) is 11.0. The molecule has 0 aliphatic carbocycles. The Labute approximate surface area is 114 Å². The lowest BCUT2D eigenvalue weighted by Crippen LogP contribution is -2.24. The van der Waals surface area contributed by atoms with Crippen LogP contribution in [-0.4, -0.2) is 31.3 Å². The predicted octanol–water partition coefficient (Wildman–Crippen LogP) is 1.27. The minimum Gasteiger partial charge on any atom is -0.477 e. The molecule has 0 saturated heterocycles. The van der Waals surface area contributed by atoms with Crippen molar-refractivity contribution >= 4 is 11.9 Å². The van der Waals surface area contributed by atoms with Crippen molar-refractivity contribution in [2.45, 2.75) is 19.9 Å². The molecule has 2 N–H and O–H groups in total. The molecule has 1 aromatic carbocycles. The van der Waals surface area contributed by atoms with Gasteiger partial charge in [-0.1, -0.05) is 23.3 Å². The summed E-state index contributed by atoms with van der Waals surface area (Å²) >= 11 is 0. The number of carbonyl (C=O) groups is 1. The van der Waals surface area contributed by atoms with Gasteiger partial charge in [-0.2, -0.15) is 4.68 Å². The van der Waals surface area contributed by atoms with Gasteiger partial charge in [-0.25, -0.2) is 4.79 Å². The fourth-order valence-corrected chi connectivity index (χ4v) is 2.16. The average Bonchev–Trinajstić information content (AvgIpc) is 2.89. The van der Waals surface area contributed by atoms with Gasteiger partial charge in [0.15, 0.2) is 0 Å². The Morgan fingerprint density at radius 2 is 2.15 bits per heavy atom. The van der Waals surface area contributed by atoms with E-state index in [1.165, 1.54) is 5.56 Å². The number of aromatic nitrogens is 4. The molecular weight excluding hydrogens is 258 g/mol. The van der Waals surface area contributed by atoms with Crippen LogP contribution < -0.4 is 5.32 Å². The molecule has 0 fully saturated rings. The second-order valence-electron chi connectivity index (χ2n) is 4.75. The summed E-state index contributed by atoms with van der Waals surface area (Å²) in [6, 6.07) is 5.66. The van der Waals surface area contributed by atoms with Gasteiger partial charge in [0.05, 0.1) is 0 Å². The minimum absolute atomic E-state index is 0.0792. The first-order valence-corrected chi connectivity index (χ1v) is 6.13. The number of allylic oxidation sites excluding steroid dienone is 1. The van der Waals surface area contributed by atoms with E-state index < -0.39 is 5.97 Å². The van der Waals surface area contributed by atoms with Gasteiger partial charge in [0.25, 0.3) is 0 Å². The molecule has 1 aliphatic rings. The van der Waals surface area contributed by atoms with Gasteiger partial charge >= 0.3 is 5.97 Å². The Bertz CT molecular complexity index is 719. The lowest BCUT2D eigenvalue weighted by atomic mass is 9.99. The molecule has 7 nitrogen and oxygen atoms in total. The molecule has 1 atom stereocenters. The summed E-state index contributed by atoms with van der Waals surface area (Å²) in [6.45, 7) is 4.05. The highest BCUT2D eigenvalue weighted by Crippen LogP contribution is 2.28. The third-order valence-corrected chi connectivity index (χ3v) is 3.43. The van der Waals surface area contributed by atoms with Crippen LogP contribution in [0.3, 0.4) is 0 Å². The first-order valence-electron chi connectivity index (χ1n) is 6.13. The number of nitrogens with zero attached hydrogens (tertiary/aromatic N) is 4. The summed E-state index contributed by atoms with van der Waals surface area (Å²) in [5, 5.41) is 23.1. The largest absolute Gasteiger partial charge is 0.477 e. The molecule has 3 rings (SSSR count). The molecule has 0 spiro atoms. The van der Waals surface area contributed by atoms with E-state index in [4.69, 9.17) is 5.11 Å². The molecule has 2 aromatic rings. The standard InChI is InChI=1S/C13H13N5O2/c1-7-3-4-9(5-8(7)2)11-6-10(12(19)20)14-13-15-16-17-18(11)13/h3-6,11H,1-2H3,(H,19,20)(H,14,15,17)/t11-/m1/s1. The van der Waals surface area contributed by atoms with Crippen LogP contribution >= 0.6 is 0 Å². The Morgan fingerprint density at radius 3 is 2.85 bits per heavy atom. The van der Waals surface area contributed by atoms with Crippen molar-refractivity contribution in [3.63, 3.8) is 0 Å². The number of benzene rings is 1. The number of hydrogen-bond acceptors (Lipinski definition) is 5. The summed E-state index contributed by atoms with van der Waals surface area (Å²) in [5.74, 6) is -0.707. The van der Waals surface area contributed by atoms with E-state index in [-0.39, 0.29) is 11.7 Å². The number of nitrogens with one attached hydrogen (secondary N) is 1. The maximum absolute atomic E-state index is 11.2. The van der Waals surface area contributed by atoms with E-state index in [2.05, 4.69) is 20.8 Å². The Balaban J connectivity index is 2.11. The molecular formula is C13H13N5O2. The number of rotatable bonds is 2. The van der Waals surface area contributed by atoms with Crippen LogP contribution in [0.2, 0.25) is 0 Å². The monoisotopic (exact) mass is 271 g/mol. The van der Waals surface area contributed by atoms with E-state index >= 15 is 0 Å². The smallest absolute Gasteiger partial charge is 0.352 e. The molecule has 0 radical (unpaired) electrons. The number of aliphatic carboxylic acids is 1. The number of fused-ring (bicyclic) bond motifs is 1. The number of carboxylic acid groups (broad SMARTS) is 1. The maximum atomic E-state index is 11.2. The van der Waals surface area contributed by atoms with Crippen molar-refractivity contribution in [2.24, 2.45) is 0 Å². The van der Waals surface area contributed by atoms with Crippen LogP contribution in [0.15, 0.2) is 30.0 Å². The normalized spacial score (nSPS) is 17.1. The lowest BCUT2D eigenvalue weighted by Gasteiger charge is -2.22. The highest BCUT2D eigenvalue weighted by molar-refractivity contribution is 5.90. The van der Waals surface area contributed by atoms with E-state index in [9.17, 15) is 4.79 Å². The van der Waals surface area contributed by atoms with Crippen LogP contribution in [0, 0.1) is 13.8 Å². The molecule has 1 aliphatic heterocycles. The molecule has 1 aromatic heterocycles. The zero-order valence-corrected chi connectivity index (χ0v) is 11.0. The average molecular weight is 271 g/mol. The third kappa shape index (κ3) is 1.93. The highest BCUT2D eigenvalue weighted by Gasteiger charge is 2.26. The summed E-state index contributed by atoms with van der Waals surface area (Å²) in [5.41, 5.74) is 3.35. The van der Waals surface area contributed by atoms with Crippen LogP contribution in [0.5, 0.6) is 0 Å². The Hall–Kier alpha value is -2.70. The predicted molar refractivity (Wildman–Crippen MR) is 71.2 cm³/mol. The molecule has 0 unspecified atom stereocenters. The molecule has 102 valence electrons. The molecule has 0 amide bonds. The van der Waals surface area contributed by atoms with Crippen molar-refractivity contribution < 1.29 is 9.90 Å². The minimum atomic E-state index is -1.03. The van der Waals surface area contributed by atoms with Crippen molar-refractivity contribution in [3.8, 4) is 0 Å². The first-order chi connectivity index (χ1) is 9.56. The van der Waals surface area contributed by atoms with Crippen molar-refractivity contribution in [1.29, 1.82) is 0 Å². The maximum Gasteiger partial charge on any atom is 0.352 e. The lowest BCUT2D eigenvalue weighted by molar-refractivity contribution is -0.132. The van der Waals surface area contributed by atoms with E-state index in [1.807, 2.05) is 32.0 Å². The second kappa shape index (κ2) is 4.44. The van der Waals surface area contributed by atoms with E-state index in [0.29, 0.717) is 5.95 Å².